The van der Waals surface area contributed by atoms with E-state index in [0.29, 0.717) is 38.1 Å². The first-order valence-corrected chi connectivity index (χ1v) is 11.8. The van der Waals surface area contributed by atoms with Gasteiger partial charge in [0.25, 0.3) is 5.56 Å². The van der Waals surface area contributed by atoms with E-state index in [1.165, 1.54) is 16.8 Å². The molecule has 1 aliphatic heterocycles. The number of fused-ring (bicyclic) bond motifs is 1. The number of halogens is 1. The number of hydrogen-bond acceptors (Lipinski definition) is 4. The normalized spacial score (nSPS) is 14.0. The van der Waals surface area contributed by atoms with Gasteiger partial charge in [-0.15, -0.1) is 0 Å². The van der Waals surface area contributed by atoms with Crippen LogP contribution in [0.2, 0.25) is 0 Å². The zero-order valence-corrected chi connectivity index (χ0v) is 19.9. The van der Waals surface area contributed by atoms with Gasteiger partial charge in [-0.05, 0) is 43.7 Å². The molecule has 1 aliphatic rings. The number of piperazine rings is 1. The fraction of sp³-hybridized carbons (Fsp3) is 0.296. The van der Waals surface area contributed by atoms with Gasteiger partial charge in [0.15, 0.2) is 0 Å². The van der Waals surface area contributed by atoms with Crippen molar-refractivity contribution in [2.75, 3.05) is 31.1 Å². The van der Waals surface area contributed by atoms with Crippen LogP contribution >= 0.6 is 0 Å². The van der Waals surface area contributed by atoms with E-state index in [4.69, 9.17) is 0 Å². The maximum atomic E-state index is 13.3. The Kier molecular flexibility index (Phi) is 6.11. The topological polar surface area (TPSA) is 63.4 Å². The van der Waals surface area contributed by atoms with Crippen LogP contribution in [0, 0.1) is 19.7 Å². The highest BCUT2D eigenvalue weighted by atomic mass is 19.1. The summed E-state index contributed by atoms with van der Waals surface area (Å²) in [4.78, 5) is 30.2. The van der Waals surface area contributed by atoms with Crippen LogP contribution < -0.4 is 10.5 Å². The van der Waals surface area contributed by atoms with E-state index in [2.05, 4.69) is 26.7 Å². The Bertz CT molecular complexity index is 1420. The number of aromatic nitrogens is 3. The van der Waals surface area contributed by atoms with Gasteiger partial charge in [0.05, 0.1) is 11.6 Å². The summed E-state index contributed by atoms with van der Waals surface area (Å²) >= 11 is 0. The number of anilines is 1. The van der Waals surface area contributed by atoms with E-state index < -0.39 is 0 Å². The molecule has 2 aromatic carbocycles. The summed E-state index contributed by atoms with van der Waals surface area (Å²) in [5.41, 5.74) is 3.72. The molecule has 0 N–H and O–H groups in total. The van der Waals surface area contributed by atoms with Crippen molar-refractivity contribution in [3.05, 3.63) is 93.9 Å². The highest BCUT2D eigenvalue weighted by molar-refractivity contribution is 5.87. The average molecular weight is 474 g/mol. The van der Waals surface area contributed by atoms with Gasteiger partial charge in [0.1, 0.15) is 12.4 Å². The van der Waals surface area contributed by atoms with Gasteiger partial charge in [0, 0.05) is 55.2 Å². The maximum Gasteiger partial charge on any atom is 0.276 e. The molecule has 35 heavy (non-hydrogen) atoms. The van der Waals surface area contributed by atoms with Crippen LogP contribution in [0.4, 0.5) is 10.1 Å². The van der Waals surface area contributed by atoms with Crippen molar-refractivity contribution in [1.82, 2.24) is 19.2 Å². The van der Waals surface area contributed by atoms with E-state index >= 15 is 0 Å². The van der Waals surface area contributed by atoms with E-state index in [9.17, 15) is 14.0 Å². The molecule has 0 spiro atoms. The lowest BCUT2D eigenvalue weighted by molar-refractivity contribution is -0.132. The molecule has 0 atom stereocenters. The SMILES string of the molecule is Cc1c2cnn(CC(=O)N3CCN(c4ccc(F)cc4)CC3)c(=O)c2c(C)n1Cc1ccccc1. The van der Waals surface area contributed by atoms with Crippen molar-refractivity contribution in [2.45, 2.75) is 26.9 Å². The number of rotatable bonds is 5. The number of benzene rings is 2. The second-order valence-electron chi connectivity index (χ2n) is 8.98. The molecule has 0 saturated carbocycles. The summed E-state index contributed by atoms with van der Waals surface area (Å²) in [5.74, 6) is -0.394. The third kappa shape index (κ3) is 4.43. The Balaban J connectivity index is 1.32. The summed E-state index contributed by atoms with van der Waals surface area (Å²) < 4.78 is 16.6. The summed E-state index contributed by atoms with van der Waals surface area (Å²) in [5, 5.41) is 5.76. The smallest absolute Gasteiger partial charge is 0.276 e. The van der Waals surface area contributed by atoms with E-state index in [-0.39, 0.29) is 23.8 Å². The van der Waals surface area contributed by atoms with Crippen LogP contribution in [0.1, 0.15) is 17.0 Å². The molecule has 3 heterocycles. The minimum atomic E-state index is -0.265. The Morgan fingerprint density at radius 1 is 0.943 bits per heavy atom. The Labute approximate surface area is 203 Å². The van der Waals surface area contributed by atoms with Crippen molar-refractivity contribution >= 4 is 22.4 Å². The number of carbonyl (C=O) groups excluding carboxylic acids is 1. The van der Waals surface area contributed by atoms with Crippen LogP contribution in [0.5, 0.6) is 0 Å². The number of hydrogen-bond donors (Lipinski definition) is 0. The molecule has 5 rings (SSSR count). The van der Waals surface area contributed by atoms with Crippen molar-refractivity contribution < 1.29 is 9.18 Å². The maximum absolute atomic E-state index is 13.3. The molecule has 0 bridgehead atoms. The molecule has 4 aromatic rings. The molecule has 0 radical (unpaired) electrons. The third-order valence-electron chi connectivity index (χ3n) is 6.90. The molecular weight excluding hydrogens is 445 g/mol. The zero-order chi connectivity index (χ0) is 24.5. The Hall–Kier alpha value is -3.94. The predicted molar refractivity (Wildman–Crippen MR) is 134 cm³/mol. The lowest BCUT2D eigenvalue weighted by Gasteiger charge is -2.36. The van der Waals surface area contributed by atoms with Gasteiger partial charge in [-0.3, -0.25) is 9.59 Å². The fourth-order valence-corrected chi connectivity index (χ4v) is 4.85. The van der Waals surface area contributed by atoms with Crippen LogP contribution in [-0.4, -0.2) is 51.3 Å². The van der Waals surface area contributed by atoms with Gasteiger partial charge in [-0.25, -0.2) is 9.07 Å². The molecule has 1 fully saturated rings. The second-order valence-corrected chi connectivity index (χ2v) is 8.98. The predicted octanol–water partition coefficient (Wildman–Crippen LogP) is 3.35. The van der Waals surface area contributed by atoms with Crippen molar-refractivity contribution in [2.24, 2.45) is 0 Å². The molecule has 2 aromatic heterocycles. The largest absolute Gasteiger partial charge is 0.368 e. The molecule has 180 valence electrons. The quantitative estimate of drug-likeness (QED) is 0.446. The van der Waals surface area contributed by atoms with Gasteiger partial charge in [0.2, 0.25) is 5.91 Å². The fourth-order valence-electron chi connectivity index (χ4n) is 4.85. The third-order valence-corrected chi connectivity index (χ3v) is 6.90. The average Bonchev–Trinajstić information content (AvgIpc) is 3.12. The number of nitrogens with zero attached hydrogens (tertiary/aromatic N) is 5. The van der Waals surface area contributed by atoms with Crippen molar-refractivity contribution in [1.29, 1.82) is 0 Å². The molecule has 7 nitrogen and oxygen atoms in total. The Morgan fingerprint density at radius 2 is 1.63 bits per heavy atom. The van der Waals surface area contributed by atoms with Crippen LogP contribution in [0.3, 0.4) is 0 Å². The molecule has 1 amide bonds. The zero-order valence-electron chi connectivity index (χ0n) is 19.9. The first-order valence-electron chi connectivity index (χ1n) is 11.8. The van der Waals surface area contributed by atoms with Gasteiger partial charge in [-0.2, -0.15) is 5.10 Å². The van der Waals surface area contributed by atoms with Gasteiger partial charge < -0.3 is 14.4 Å². The van der Waals surface area contributed by atoms with E-state index in [1.54, 1.807) is 23.2 Å². The Morgan fingerprint density at radius 3 is 2.31 bits per heavy atom. The number of aryl methyl sites for hydroxylation is 2. The molecule has 8 heteroatoms. The summed E-state index contributed by atoms with van der Waals surface area (Å²) in [7, 11) is 0. The van der Waals surface area contributed by atoms with Gasteiger partial charge in [-0.1, -0.05) is 30.3 Å². The minimum absolute atomic E-state index is 0.0896. The number of amides is 1. The molecule has 0 aliphatic carbocycles. The minimum Gasteiger partial charge on any atom is -0.368 e. The highest BCUT2D eigenvalue weighted by Gasteiger charge is 2.23. The molecule has 0 unspecified atom stereocenters. The van der Waals surface area contributed by atoms with E-state index in [0.717, 1.165) is 28.0 Å². The molecule has 1 saturated heterocycles. The van der Waals surface area contributed by atoms with Crippen molar-refractivity contribution in [3.63, 3.8) is 0 Å². The second kappa shape index (κ2) is 9.37. The van der Waals surface area contributed by atoms with Crippen molar-refractivity contribution in [3.8, 4) is 0 Å². The summed E-state index contributed by atoms with van der Waals surface area (Å²) in [6, 6.07) is 16.5. The monoisotopic (exact) mass is 473 g/mol. The first kappa shape index (κ1) is 22.8. The lowest BCUT2D eigenvalue weighted by Crippen LogP contribution is -2.50. The standard InChI is InChI=1S/C27H28FN5O2/c1-19-24-16-29-33(27(35)26(24)20(2)32(19)17-21-6-4-3-5-7-21)18-25(34)31-14-12-30(13-15-31)23-10-8-22(28)9-11-23/h3-11,16H,12-15,17-18H2,1-2H3. The van der Waals surface area contributed by atoms with E-state index in [1.807, 2.05) is 32.0 Å². The summed E-state index contributed by atoms with van der Waals surface area (Å²) in [6.45, 7) is 6.91. The van der Waals surface area contributed by atoms with Crippen LogP contribution in [0.25, 0.3) is 10.8 Å². The first-order chi connectivity index (χ1) is 16.9. The lowest BCUT2D eigenvalue weighted by atomic mass is 10.2. The van der Waals surface area contributed by atoms with Crippen LogP contribution in [0.15, 0.2) is 65.6 Å². The van der Waals surface area contributed by atoms with Crippen LogP contribution in [-0.2, 0) is 17.9 Å². The summed E-state index contributed by atoms with van der Waals surface area (Å²) in [6.07, 6.45) is 1.69. The van der Waals surface area contributed by atoms with Gasteiger partial charge >= 0.3 is 0 Å². The number of carbonyl (C=O) groups is 1. The highest BCUT2D eigenvalue weighted by Crippen LogP contribution is 2.23. The molecular formula is C27H28FN5O2.